The number of aliphatic hydroxyl groups is 1. The van der Waals surface area contributed by atoms with Crippen LogP contribution in [-0.2, 0) is 20.4 Å². The Morgan fingerprint density at radius 2 is 1.67 bits per heavy atom. The number of sulfonamides is 1. The number of rotatable bonds is 6. The maximum absolute atomic E-state index is 13.4. The van der Waals surface area contributed by atoms with Crippen molar-refractivity contribution in [3.05, 3.63) is 54.1 Å². The molecule has 1 N–H and O–H groups in total. The molecule has 2 saturated heterocycles. The summed E-state index contributed by atoms with van der Waals surface area (Å²) in [5, 5.41) is 10.0. The Morgan fingerprint density at radius 3 is 2.28 bits per heavy atom. The highest BCUT2D eigenvalue weighted by Crippen LogP contribution is 2.39. The van der Waals surface area contributed by atoms with Gasteiger partial charge in [-0.25, -0.2) is 8.42 Å². The molecule has 0 aliphatic carbocycles. The molecule has 0 radical (unpaired) electrons. The molecule has 2 aliphatic rings. The van der Waals surface area contributed by atoms with E-state index >= 15 is 0 Å². The maximum Gasteiger partial charge on any atom is 0.421 e. The second kappa shape index (κ2) is 10.5. The number of nitrogens with zero attached hydrogens (tertiary/aromatic N) is 3. The molecular weight excluding hydrogens is 515 g/mol. The summed E-state index contributed by atoms with van der Waals surface area (Å²) in [6, 6.07) is 12.0. The monoisotopic (exact) mass is 545 g/mol. The van der Waals surface area contributed by atoms with E-state index in [-0.39, 0.29) is 29.6 Å². The average molecular weight is 546 g/mol. The summed E-state index contributed by atoms with van der Waals surface area (Å²) >= 11 is 4.33. The van der Waals surface area contributed by atoms with Crippen molar-refractivity contribution in [1.29, 1.82) is 0 Å². The molecule has 2 aromatic rings. The summed E-state index contributed by atoms with van der Waals surface area (Å²) in [4.78, 5) is 4.75. The van der Waals surface area contributed by atoms with E-state index in [4.69, 9.17) is 4.74 Å². The number of ether oxygens (including phenoxy) is 1. The van der Waals surface area contributed by atoms with E-state index in [1.54, 1.807) is 30.3 Å². The Hall–Kier alpha value is -1.83. The van der Waals surface area contributed by atoms with Gasteiger partial charge in [-0.2, -0.15) is 17.5 Å². The van der Waals surface area contributed by atoms with E-state index in [0.717, 1.165) is 6.92 Å². The minimum Gasteiger partial charge on any atom is -0.379 e. The van der Waals surface area contributed by atoms with Crippen molar-refractivity contribution in [2.45, 2.75) is 34.5 Å². The third-order valence-corrected chi connectivity index (χ3v) is 9.28. The summed E-state index contributed by atoms with van der Waals surface area (Å²) in [5.74, 6) is 0. The lowest BCUT2D eigenvalue weighted by Gasteiger charge is -2.44. The Kier molecular flexibility index (Phi) is 7.94. The molecule has 7 nitrogen and oxygen atoms in total. The van der Waals surface area contributed by atoms with Crippen LogP contribution in [0.25, 0.3) is 0 Å². The summed E-state index contributed by atoms with van der Waals surface area (Å²) in [6.45, 7) is 4.68. The number of thiol groups is 1. The lowest BCUT2D eigenvalue weighted by atomic mass is 9.95. The first kappa shape index (κ1) is 27.2. The van der Waals surface area contributed by atoms with Crippen molar-refractivity contribution in [3.8, 4) is 0 Å². The zero-order chi connectivity index (χ0) is 26.1. The van der Waals surface area contributed by atoms with Gasteiger partial charge in [0.15, 0.2) is 5.60 Å². The van der Waals surface area contributed by atoms with Crippen LogP contribution < -0.4 is 4.90 Å². The highest BCUT2D eigenvalue weighted by Gasteiger charge is 2.51. The fourth-order valence-electron chi connectivity index (χ4n) is 4.58. The molecule has 2 aromatic carbocycles. The predicted octanol–water partition coefficient (Wildman–Crippen LogP) is 2.96. The fraction of sp³-hybridized carbons (Fsp3) is 0.500. The number of halogens is 3. The number of alkyl halides is 3. The SMILES string of the molecule is C[C@](O)(c1ccc(N2CCN(S(=O)(=O)c3ccccc3S)C[C@@H]2CN2CCOCC2)cc1)C(F)(F)F. The summed E-state index contributed by atoms with van der Waals surface area (Å²) in [6.07, 6.45) is -4.81. The number of anilines is 1. The van der Waals surface area contributed by atoms with Gasteiger partial charge >= 0.3 is 6.18 Å². The van der Waals surface area contributed by atoms with Crippen molar-refractivity contribution in [1.82, 2.24) is 9.21 Å². The highest BCUT2D eigenvalue weighted by molar-refractivity contribution is 7.90. The second-order valence-corrected chi connectivity index (χ2v) is 11.6. The normalized spacial score (nSPS) is 22.4. The summed E-state index contributed by atoms with van der Waals surface area (Å²) in [5.41, 5.74) is -2.55. The van der Waals surface area contributed by atoms with Crippen LogP contribution in [0.3, 0.4) is 0 Å². The largest absolute Gasteiger partial charge is 0.421 e. The maximum atomic E-state index is 13.4. The first-order chi connectivity index (χ1) is 16.9. The zero-order valence-electron chi connectivity index (χ0n) is 19.9. The van der Waals surface area contributed by atoms with Gasteiger partial charge in [0.25, 0.3) is 0 Å². The molecule has 198 valence electrons. The van der Waals surface area contributed by atoms with Crippen LogP contribution in [0, 0.1) is 0 Å². The molecule has 12 heteroatoms. The van der Waals surface area contributed by atoms with E-state index in [1.165, 1.54) is 22.5 Å². The second-order valence-electron chi connectivity index (χ2n) is 9.21. The lowest BCUT2D eigenvalue weighted by Crippen LogP contribution is -2.59. The van der Waals surface area contributed by atoms with E-state index in [9.17, 15) is 26.7 Å². The number of piperazine rings is 1. The molecule has 0 unspecified atom stereocenters. The minimum absolute atomic E-state index is 0.144. The molecule has 0 amide bonds. The molecule has 2 heterocycles. The number of hydrogen-bond acceptors (Lipinski definition) is 7. The lowest BCUT2D eigenvalue weighted by molar-refractivity contribution is -0.258. The molecule has 4 rings (SSSR count). The Labute approximate surface area is 214 Å². The van der Waals surface area contributed by atoms with Crippen molar-refractivity contribution < 1.29 is 31.4 Å². The van der Waals surface area contributed by atoms with Crippen LogP contribution in [0.15, 0.2) is 58.3 Å². The molecule has 0 saturated carbocycles. The Balaban J connectivity index is 1.60. The standard InChI is InChI=1S/C24H30F3N3O4S2/c1-23(31,24(25,26)27)18-6-8-19(9-7-18)30-11-10-29(17-20(30)16-28-12-14-34-15-13-28)36(32,33)22-5-3-2-4-21(22)35/h2-9,20,31,35H,10-17H2,1H3/t20-,23-/m0/s1. The van der Waals surface area contributed by atoms with Gasteiger partial charge in [0.1, 0.15) is 0 Å². The van der Waals surface area contributed by atoms with Crippen LogP contribution in [0.5, 0.6) is 0 Å². The molecule has 0 spiro atoms. The number of benzene rings is 2. The predicted molar refractivity (Wildman–Crippen MR) is 133 cm³/mol. The molecule has 2 atom stereocenters. The topological polar surface area (TPSA) is 73.3 Å². The molecule has 2 fully saturated rings. The highest BCUT2D eigenvalue weighted by atomic mass is 32.2. The average Bonchev–Trinajstić information content (AvgIpc) is 2.84. The van der Waals surface area contributed by atoms with Crippen LogP contribution in [0.1, 0.15) is 12.5 Å². The fourth-order valence-corrected chi connectivity index (χ4v) is 6.64. The van der Waals surface area contributed by atoms with Gasteiger partial charge in [-0.3, -0.25) is 4.90 Å². The van der Waals surface area contributed by atoms with E-state index in [1.807, 2.05) is 4.90 Å². The molecule has 36 heavy (non-hydrogen) atoms. The van der Waals surface area contributed by atoms with Gasteiger partial charge in [-0.1, -0.05) is 24.3 Å². The molecule has 2 aliphatic heterocycles. The van der Waals surface area contributed by atoms with Gasteiger partial charge in [0.05, 0.1) is 24.2 Å². The molecular formula is C24H30F3N3O4S2. The number of hydrogen-bond donors (Lipinski definition) is 2. The van der Waals surface area contributed by atoms with Crippen molar-refractivity contribution >= 4 is 28.3 Å². The summed E-state index contributed by atoms with van der Waals surface area (Å²) in [7, 11) is -3.79. The van der Waals surface area contributed by atoms with Crippen LogP contribution in [0.4, 0.5) is 18.9 Å². The molecule has 0 aromatic heterocycles. The van der Waals surface area contributed by atoms with Crippen molar-refractivity contribution in [3.63, 3.8) is 0 Å². The van der Waals surface area contributed by atoms with Crippen LogP contribution in [0.2, 0.25) is 0 Å². The third-order valence-electron chi connectivity index (χ3n) is 6.81. The van der Waals surface area contributed by atoms with E-state index in [2.05, 4.69) is 17.5 Å². The van der Waals surface area contributed by atoms with Gasteiger partial charge in [0, 0.05) is 49.9 Å². The molecule has 0 bridgehead atoms. The third kappa shape index (κ3) is 5.53. The quantitative estimate of drug-likeness (QED) is 0.544. The first-order valence-corrected chi connectivity index (χ1v) is 13.5. The Bertz CT molecular complexity index is 1150. The first-order valence-electron chi connectivity index (χ1n) is 11.7. The van der Waals surface area contributed by atoms with E-state index < -0.39 is 21.8 Å². The van der Waals surface area contributed by atoms with Gasteiger partial charge in [-0.15, -0.1) is 12.6 Å². The number of morpholine rings is 1. The van der Waals surface area contributed by atoms with Crippen molar-refractivity contribution in [2.24, 2.45) is 0 Å². The van der Waals surface area contributed by atoms with Crippen molar-refractivity contribution in [2.75, 3.05) is 57.4 Å². The van der Waals surface area contributed by atoms with Gasteiger partial charge in [-0.05, 0) is 36.8 Å². The van der Waals surface area contributed by atoms with Crippen LogP contribution in [-0.4, -0.2) is 87.4 Å². The smallest absolute Gasteiger partial charge is 0.379 e. The van der Waals surface area contributed by atoms with Crippen LogP contribution >= 0.6 is 12.6 Å². The minimum atomic E-state index is -4.81. The Morgan fingerprint density at radius 1 is 1.03 bits per heavy atom. The summed E-state index contributed by atoms with van der Waals surface area (Å²) < 4.78 is 73.6. The van der Waals surface area contributed by atoms with Gasteiger partial charge < -0.3 is 14.7 Å². The van der Waals surface area contributed by atoms with E-state index in [0.29, 0.717) is 50.0 Å². The van der Waals surface area contributed by atoms with Gasteiger partial charge in [0.2, 0.25) is 10.0 Å². The zero-order valence-corrected chi connectivity index (χ0v) is 21.6.